The summed E-state index contributed by atoms with van der Waals surface area (Å²) in [5.41, 5.74) is 7.78. The van der Waals surface area contributed by atoms with Gasteiger partial charge in [-0.1, -0.05) is 11.6 Å². The van der Waals surface area contributed by atoms with Gasteiger partial charge in [-0.05, 0) is 37.0 Å². The van der Waals surface area contributed by atoms with E-state index >= 15 is 0 Å². The second kappa shape index (κ2) is 6.31. The van der Waals surface area contributed by atoms with Gasteiger partial charge in [-0.25, -0.2) is 4.98 Å². The van der Waals surface area contributed by atoms with Crippen molar-refractivity contribution in [1.82, 2.24) is 9.36 Å². The smallest absolute Gasteiger partial charge is 0.148 e. The summed E-state index contributed by atoms with van der Waals surface area (Å²) in [5.74, 6) is 0.534. The highest BCUT2D eigenvalue weighted by atomic mass is 35.5. The lowest BCUT2D eigenvalue weighted by molar-refractivity contribution is 1.05. The lowest BCUT2D eigenvalue weighted by Gasteiger charge is -2.04. The van der Waals surface area contributed by atoms with Gasteiger partial charge in [0.15, 0.2) is 0 Å². The van der Waals surface area contributed by atoms with Crippen LogP contribution in [0.2, 0.25) is 4.34 Å². The minimum Gasteiger partial charge on any atom is -0.382 e. The summed E-state index contributed by atoms with van der Waals surface area (Å²) >= 11 is 10.5. The number of thiophene rings is 1. The van der Waals surface area contributed by atoms with E-state index in [2.05, 4.69) is 20.7 Å². The highest BCUT2D eigenvalue weighted by molar-refractivity contribution is 7.16. The van der Waals surface area contributed by atoms with E-state index < -0.39 is 0 Å². The Hall–Kier alpha value is -1.15. The first kappa shape index (κ1) is 14.8. The number of nitrogen functional groups attached to an aromatic ring is 1. The van der Waals surface area contributed by atoms with Crippen molar-refractivity contribution in [2.45, 2.75) is 13.3 Å². The molecule has 3 N–H and O–H groups in total. The van der Waals surface area contributed by atoms with Crippen LogP contribution in [0.1, 0.15) is 9.88 Å². The quantitative estimate of drug-likeness (QED) is 0.705. The van der Waals surface area contributed by atoms with Crippen molar-refractivity contribution in [3.05, 3.63) is 31.7 Å². The molecule has 8 heteroatoms. The van der Waals surface area contributed by atoms with Gasteiger partial charge in [0.25, 0.3) is 0 Å². The van der Waals surface area contributed by atoms with E-state index in [9.17, 15) is 0 Å². The standard InChI is InChI=1S/C13H13ClN4S3/c1-7-17-9(6-19-7)11-12(15)18-21-13(11)16-5-4-8-2-3-10(14)20-8/h2-3,6,16H,4-5H2,1H3,(H2,15,18). The molecule has 0 atom stereocenters. The van der Waals surface area contributed by atoms with Gasteiger partial charge in [0.05, 0.1) is 20.6 Å². The van der Waals surface area contributed by atoms with Crippen molar-refractivity contribution < 1.29 is 0 Å². The molecule has 0 saturated carbocycles. The van der Waals surface area contributed by atoms with Gasteiger partial charge in [-0.3, -0.25) is 0 Å². The van der Waals surface area contributed by atoms with Crippen LogP contribution in [0.4, 0.5) is 10.8 Å². The molecule has 0 saturated heterocycles. The lowest BCUT2D eigenvalue weighted by atomic mass is 10.2. The normalized spacial score (nSPS) is 11.0. The Morgan fingerprint density at radius 1 is 1.38 bits per heavy atom. The van der Waals surface area contributed by atoms with Crippen molar-refractivity contribution in [3.63, 3.8) is 0 Å². The van der Waals surface area contributed by atoms with Crippen LogP contribution in [-0.2, 0) is 6.42 Å². The Bertz CT molecular complexity index is 746. The summed E-state index contributed by atoms with van der Waals surface area (Å²) in [5, 5.41) is 7.41. The fraction of sp³-hybridized carbons (Fsp3) is 0.231. The van der Waals surface area contributed by atoms with E-state index in [1.807, 2.05) is 18.4 Å². The summed E-state index contributed by atoms with van der Waals surface area (Å²) in [7, 11) is 0. The second-order valence-electron chi connectivity index (χ2n) is 4.41. The molecule has 0 unspecified atom stereocenters. The zero-order chi connectivity index (χ0) is 14.8. The Kier molecular flexibility index (Phi) is 4.44. The molecular weight excluding hydrogens is 344 g/mol. The molecule has 0 radical (unpaired) electrons. The average molecular weight is 357 g/mol. The second-order valence-corrected chi connectivity index (χ2v) is 8.04. The van der Waals surface area contributed by atoms with E-state index in [1.54, 1.807) is 22.7 Å². The van der Waals surface area contributed by atoms with Crippen LogP contribution in [0.3, 0.4) is 0 Å². The molecule has 0 amide bonds. The van der Waals surface area contributed by atoms with Crippen LogP contribution in [0.25, 0.3) is 11.3 Å². The van der Waals surface area contributed by atoms with E-state index in [0.29, 0.717) is 5.82 Å². The summed E-state index contributed by atoms with van der Waals surface area (Å²) in [6, 6.07) is 3.98. The Balaban J connectivity index is 1.71. The van der Waals surface area contributed by atoms with Crippen molar-refractivity contribution in [1.29, 1.82) is 0 Å². The molecule has 0 aliphatic rings. The average Bonchev–Trinajstić information content (AvgIpc) is 3.12. The number of anilines is 2. The number of hydrogen-bond donors (Lipinski definition) is 2. The van der Waals surface area contributed by atoms with Crippen molar-refractivity contribution >= 4 is 56.6 Å². The summed E-state index contributed by atoms with van der Waals surface area (Å²) in [4.78, 5) is 5.75. The molecule has 0 bridgehead atoms. The fourth-order valence-electron chi connectivity index (χ4n) is 1.93. The predicted molar refractivity (Wildman–Crippen MR) is 93.9 cm³/mol. The number of aromatic nitrogens is 2. The summed E-state index contributed by atoms with van der Waals surface area (Å²) in [6.07, 6.45) is 0.921. The largest absolute Gasteiger partial charge is 0.382 e. The number of nitrogens with zero attached hydrogens (tertiary/aromatic N) is 2. The zero-order valence-corrected chi connectivity index (χ0v) is 14.4. The van der Waals surface area contributed by atoms with Gasteiger partial charge < -0.3 is 11.1 Å². The summed E-state index contributed by atoms with van der Waals surface area (Å²) in [6.45, 7) is 2.80. The molecule has 0 aliphatic heterocycles. The van der Waals surface area contributed by atoms with E-state index in [4.69, 9.17) is 17.3 Å². The third-order valence-corrected chi connectivity index (χ3v) is 5.76. The zero-order valence-electron chi connectivity index (χ0n) is 11.2. The number of rotatable bonds is 5. The molecule has 3 rings (SSSR count). The van der Waals surface area contributed by atoms with Crippen molar-refractivity contribution in [2.24, 2.45) is 0 Å². The SMILES string of the molecule is Cc1nc(-c2c(N)nsc2NCCc2ccc(Cl)s2)cs1. The molecule has 3 heterocycles. The highest BCUT2D eigenvalue weighted by Gasteiger charge is 2.15. The summed E-state index contributed by atoms with van der Waals surface area (Å²) < 4.78 is 5.06. The first-order valence-electron chi connectivity index (χ1n) is 6.29. The Morgan fingerprint density at radius 2 is 2.24 bits per heavy atom. The molecule has 0 fully saturated rings. The van der Waals surface area contributed by atoms with Gasteiger partial charge in [0, 0.05) is 16.8 Å². The lowest BCUT2D eigenvalue weighted by Crippen LogP contribution is -2.03. The molecule has 3 aromatic rings. The van der Waals surface area contributed by atoms with Gasteiger partial charge >= 0.3 is 0 Å². The number of aryl methyl sites for hydroxylation is 1. The molecule has 0 spiro atoms. The molecule has 21 heavy (non-hydrogen) atoms. The minimum atomic E-state index is 0.534. The maximum absolute atomic E-state index is 5.98. The first-order chi connectivity index (χ1) is 10.1. The number of hydrogen-bond acceptors (Lipinski definition) is 7. The van der Waals surface area contributed by atoms with Crippen LogP contribution in [0.5, 0.6) is 0 Å². The number of halogens is 1. The van der Waals surface area contributed by atoms with Crippen LogP contribution in [0, 0.1) is 6.92 Å². The molecule has 4 nitrogen and oxygen atoms in total. The maximum atomic E-state index is 5.98. The highest BCUT2D eigenvalue weighted by Crippen LogP contribution is 2.37. The monoisotopic (exact) mass is 356 g/mol. The molecule has 0 aromatic carbocycles. The van der Waals surface area contributed by atoms with E-state index in [-0.39, 0.29) is 0 Å². The fourth-order valence-corrected chi connectivity index (χ4v) is 4.37. The minimum absolute atomic E-state index is 0.534. The third-order valence-electron chi connectivity index (χ3n) is 2.88. The number of nitrogens with one attached hydrogen (secondary N) is 1. The van der Waals surface area contributed by atoms with Crippen LogP contribution in [0.15, 0.2) is 17.5 Å². The number of nitrogens with two attached hydrogens (primary N) is 1. The topological polar surface area (TPSA) is 63.8 Å². The van der Waals surface area contributed by atoms with Crippen LogP contribution >= 0.6 is 45.8 Å². The Labute approximate surface area is 139 Å². The van der Waals surface area contributed by atoms with Crippen molar-refractivity contribution in [3.8, 4) is 11.3 Å². The van der Waals surface area contributed by atoms with E-state index in [0.717, 1.165) is 38.6 Å². The van der Waals surface area contributed by atoms with Gasteiger partial charge in [-0.15, -0.1) is 22.7 Å². The van der Waals surface area contributed by atoms with Gasteiger partial charge in [-0.2, -0.15) is 4.37 Å². The molecule has 3 aromatic heterocycles. The van der Waals surface area contributed by atoms with E-state index in [1.165, 1.54) is 16.4 Å². The molecule has 110 valence electrons. The van der Waals surface area contributed by atoms with Gasteiger partial charge in [0.2, 0.25) is 0 Å². The predicted octanol–water partition coefficient (Wildman–Crippen LogP) is 4.53. The Morgan fingerprint density at radius 3 is 2.90 bits per heavy atom. The maximum Gasteiger partial charge on any atom is 0.148 e. The first-order valence-corrected chi connectivity index (χ1v) is 9.14. The van der Waals surface area contributed by atoms with Crippen LogP contribution < -0.4 is 11.1 Å². The van der Waals surface area contributed by atoms with Crippen molar-refractivity contribution in [2.75, 3.05) is 17.6 Å². The van der Waals surface area contributed by atoms with Crippen LogP contribution in [-0.4, -0.2) is 15.9 Å². The molecular formula is C13H13ClN4S3. The third kappa shape index (κ3) is 3.37. The molecule has 0 aliphatic carbocycles. The van der Waals surface area contributed by atoms with Gasteiger partial charge in [0.1, 0.15) is 10.8 Å². The number of thiazole rings is 1.